The first-order valence-electron chi connectivity index (χ1n) is 8.31. The van der Waals surface area contributed by atoms with E-state index in [0.29, 0.717) is 0 Å². The van der Waals surface area contributed by atoms with Crippen molar-refractivity contribution in [1.29, 1.82) is 0 Å². The molecule has 2 aromatic carbocycles. The molecule has 1 aliphatic heterocycles. The van der Waals surface area contributed by atoms with Crippen LogP contribution in [0.1, 0.15) is 24.8 Å². The Balaban J connectivity index is 2.01. The van der Waals surface area contributed by atoms with Gasteiger partial charge in [0, 0.05) is 5.92 Å². The molecule has 0 spiro atoms. The lowest BCUT2D eigenvalue weighted by Gasteiger charge is -2.26. The van der Waals surface area contributed by atoms with E-state index < -0.39 is 52.3 Å². The molecule has 0 saturated carbocycles. The standard InChI is InChI=1S/C18H15F4NO5S/c1-10-14(9-17(24)25)15-8-11(19)2-7-16(15)23(10)29(26,27)13-5-3-12(4-6-13)28-18(20,21)22/h2-8,10,14H,9H2,1H3,(H,24,25). The number of hydrogen-bond donors (Lipinski definition) is 1. The largest absolute Gasteiger partial charge is 0.573 e. The summed E-state index contributed by atoms with van der Waals surface area (Å²) in [6, 6.07) is 6.17. The Hall–Kier alpha value is -2.82. The van der Waals surface area contributed by atoms with E-state index in [1.54, 1.807) is 0 Å². The lowest BCUT2D eigenvalue weighted by molar-refractivity contribution is -0.274. The molecule has 0 aromatic heterocycles. The molecule has 0 saturated heterocycles. The number of sulfonamides is 1. The summed E-state index contributed by atoms with van der Waals surface area (Å²) in [5, 5.41) is 9.15. The Labute approximate surface area is 163 Å². The van der Waals surface area contributed by atoms with E-state index in [4.69, 9.17) is 5.11 Å². The van der Waals surface area contributed by atoms with Crippen molar-refractivity contribution in [3.05, 3.63) is 53.8 Å². The van der Waals surface area contributed by atoms with Crippen LogP contribution in [0.5, 0.6) is 5.75 Å². The lowest BCUT2D eigenvalue weighted by atomic mass is 9.93. The highest BCUT2D eigenvalue weighted by Crippen LogP contribution is 2.45. The zero-order chi connectivity index (χ0) is 21.6. The Kier molecular flexibility index (Phi) is 5.20. The van der Waals surface area contributed by atoms with Crippen molar-refractivity contribution in [3.63, 3.8) is 0 Å². The first-order valence-corrected chi connectivity index (χ1v) is 9.75. The van der Waals surface area contributed by atoms with Gasteiger partial charge in [0.15, 0.2) is 0 Å². The number of carboxylic acid groups (broad SMARTS) is 1. The van der Waals surface area contributed by atoms with Crippen LogP contribution < -0.4 is 9.04 Å². The van der Waals surface area contributed by atoms with Gasteiger partial charge in [-0.15, -0.1) is 13.2 Å². The number of aliphatic carboxylic acids is 1. The number of rotatable bonds is 5. The summed E-state index contributed by atoms with van der Waals surface area (Å²) in [4.78, 5) is 10.9. The van der Waals surface area contributed by atoms with Gasteiger partial charge < -0.3 is 9.84 Å². The average Bonchev–Trinajstić information content (AvgIpc) is 2.85. The van der Waals surface area contributed by atoms with Crippen molar-refractivity contribution in [1.82, 2.24) is 0 Å². The number of carboxylic acids is 1. The molecule has 156 valence electrons. The van der Waals surface area contributed by atoms with Gasteiger partial charge >= 0.3 is 12.3 Å². The summed E-state index contributed by atoms with van der Waals surface area (Å²) >= 11 is 0. The summed E-state index contributed by atoms with van der Waals surface area (Å²) in [5.74, 6) is -3.19. The molecule has 2 atom stereocenters. The van der Waals surface area contributed by atoms with Gasteiger partial charge in [0.05, 0.1) is 23.0 Å². The normalized spacial score (nSPS) is 19.1. The molecule has 2 unspecified atom stereocenters. The second kappa shape index (κ2) is 7.21. The van der Waals surface area contributed by atoms with Gasteiger partial charge in [0.2, 0.25) is 0 Å². The number of nitrogens with zero attached hydrogens (tertiary/aromatic N) is 1. The molecule has 0 amide bonds. The minimum atomic E-state index is -4.92. The van der Waals surface area contributed by atoms with Crippen LogP contribution in [-0.2, 0) is 14.8 Å². The molecule has 0 fully saturated rings. The van der Waals surface area contributed by atoms with E-state index in [1.807, 2.05) is 0 Å². The molecule has 11 heteroatoms. The highest BCUT2D eigenvalue weighted by atomic mass is 32.2. The summed E-state index contributed by atoms with van der Waals surface area (Å²) < 4.78 is 81.6. The van der Waals surface area contributed by atoms with Crippen molar-refractivity contribution >= 4 is 21.7 Å². The molecule has 2 aromatic rings. The number of hydrogen-bond acceptors (Lipinski definition) is 4. The minimum Gasteiger partial charge on any atom is -0.481 e. The molecule has 1 heterocycles. The van der Waals surface area contributed by atoms with Crippen LogP contribution in [0.15, 0.2) is 47.4 Å². The smallest absolute Gasteiger partial charge is 0.481 e. The maximum Gasteiger partial charge on any atom is 0.573 e. The summed E-state index contributed by atoms with van der Waals surface area (Å²) in [7, 11) is -4.26. The predicted octanol–water partition coefficient (Wildman–Crippen LogP) is 3.88. The van der Waals surface area contributed by atoms with Gasteiger partial charge in [-0.1, -0.05) is 0 Å². The SMILES string of the molecule is CC1C(CC(=O)O)c2cc(F)ccc2N1S(=O)(=O)c1ccc(OC(F)(F)F)cc1. The number of halogens is 4. The molecule has 0 bridgehead atoms. The third-order valence-corrected chi connectivity index (χ3v) is 6.50. The van der Waals surface area contributed by atoms with Crippen LogP contribution in [0.25, 0.3) is 0 Å². The molecule has 0 radical (unpaired) electrons. The van der Waals surface area contributed by atoms with Crippen molar-refractivity contribution in [3.8, 4) is 5.75 Å². The van der Waals surface area contributed by atoms with Crippen LogP contribution in [0, 0.1) is 5.82 Å². The molecular formula is C18H15F4NO5S. The highest BCUT2D eigenvalue weighted by Gasteiger charge is 2.43. The van der Waals surface area contributed by atoms with E-state index in [-0.39, 0.29) is 16.1 Å². The number of anilines is 1. The fourth-order valence-electron chi connectivity index (χ4n) is 3.41. The van der Waals surface area contributed by atoms with Gasteiger partial charge in [0.25, 0.3) is 10.0 Å². The Morgan fingerprint density at radius 3 is 2.34 bits per heavy atom. The number of benzene rings is 2. The molecule has 0 aliphatic carbocycles. The number of carbonyl (C=O) groups is 1. The molecule has 29 heavy (non-hydrogen) atoms. The zero-order valence-corrected chi connectivity index (χ0v) is 15.7. The average molecular weight is 433 g/mol. The predicted molar refractivity (Wildman–Crippen MR) is 93.6 cm³/mol. The Morgan fingerprint density at radius 2 is 1.79 bits per heavy atom. The molecule has 3 rings (SSSR count). The van der Waals surface area contributed by atoms with Crippen LogP contribution in [0.3, 0.4) is 0 Å². The second-order valence-electron chi connectivity index (χ2n) is 6.47. The minimum absolute atomic E-state index is 0.126. The van der Waals surface area contributed by atoms with Crippen molar-refractivity contribution in [2.75, 3.05) is 4.31 Å². The quantitative estimate of drug-likeness (QED) is 0.724. The van der Waals surface area contributed by atoms with Crippen LogP contribution in [-0.4, -0.2) is 31.9 Å². The van der Waals surface area contributed by atoms with Gasteiger partial charge in [-0.05, 0) is 55.0 Å². The van der Waals surface area contributed by atoms with E-state index >= 15 is 0 Å². The fourth-order valence-corrected chi connectivity index (χ4v) is 5.13. The number of fused-ring (bicyclic) bond motifs is 1. The van der Waals surface area contributed by atoms with Crippen LogP contribution in [0.4, 0.5) is 23.2 Å². The lowest BCUT2D eigenvalue weighted by Crippen LogP contribution is -2.37. The third kappa shape index (κ3) is 4.14. The first kappa shape index (κ1) is 20.9. The van der Waals surface area contributed by atoms with Crippen molar-refractivity contribution < 1.29 is 40.6 Å². The van der Waals surface area contributed by atoms with E-state index in [1.165, 1.54) is 13.0 Å². The second-order valence-corrected chi connectivity index (χ2v) is 8.28. The summed E-state index contributed by atoms with van der Waals surface area (Å²) in [6.07, 6.45) is -5.33. The number of ether oxygens (including phenoxy) is 1. The maximum atomic E-state index is 13.7. The Bertz CT molecular complexity index is 1040. The van der Waals surface area contributed by atoms with Gasteiger partial charge in [0.1, 0.15) is 11.6 Å². The fraction of sp³-hybridized carbons (Fsp3) is 0.278. The van der Waals surface area contributed by atoms with Crippen LogP contribution in [0.2, 0.25) is 0 Å². The number of alkyl halides is 3. The van der Waals surface area contributed by atoms with Gasteiger partial charge in [-0.3, -0.25) is 9.10 Å². The molecule has 1 aliphatic rings. The van der Waals surface area contributed by atoms with Gasteiger partial charge in [-0.2, -0.15) is 0 Å². The van der Waals surface area contributed by atoms with E-state index in [0.717, 1.165) is 40.7 Å². The van der Waals surface area contributed by atoms with Gasteiger partial charge in [-0.25, -0.2) is 12.8 Å². The topological polar surface area (TPSA) is 83.9 Å². The van der Waals surface area contributed by atoms with Crippen LogP contribution >= 0.6 is 0 Å². The molecule has 1 N–H and O–H groups in total. The van der Waals surface area contributed by atoms with Crippen molar-refractivity contribution in [2.45, 2.75) is 36.6 Å². The Morgan fingerprint density at radius 1 is 1.17 bits per heavy atom. The zero-order valence-electron chi connectivity index (χ0n) is 14.9. The van der Waals surface area contributed by atoms with E-state index in [9.17, 15) is 30.8 Å². The third-order valence-electron chi connectivity index (χ3n) is 4.59. The first-order chi connectivity index (χ1) is 13.4. The monoisotopic (exact) mass is 433 g/mol. The molecule has 6 nitrogen and oxygen atoms in total. The summed E-state index contributed by atoms with van der Waals surface area (Å²) in [5.41, 5.74) is 0.362. The maximum absolute atomic E-state index is 13.7. The molecular weight excluding hydrogens is 418 g/mol. The van der Waals surface area contributed by atoms with Crippen molar-refractivity contribution in [2.24, 2.45) is 0 Å². The highest BCUT2D eigenvalue weighted by molar-refractivity contribution is 7.92. The summed E-state index contributed by atoms with van der Waals surface area (Å²) in [6.45, 7) is 1.49. The van der Waals surface area contributed by atoms with E-state index in [2.05, 4.69) is 4.74 Å².